The highest BCUT2D eigenvalue weighted by molar-refractivity contribution is 6.74. The Morgan fingerprint density at radius 3 is 1.00 bits per heavy atom. The molecule has 2 heterocycles. The fourth-order valence-electron chi connectivity index (χ4n) is 0.728. The summed E-state index contributed by atoms with van der Waals surface area (Å²) in [4.78, 5) is 0. The molecule has 0 atom stereocenters. The van der Waals surface area contributed by atoms with Crippen LogP contribution in [0.1, 0.15) is 0 Å². The lowest BCUT2D eigenvalue weighted by molar-refractivity contribution is 0.0834. The first kappa shape index (κ1) is 30.1. The lowest BCUT2D eigenvalue weighted by atomic mass is 9.90. The van der Waals surface area contributed by atoms with E-state index in [4.69, 9.17) is 10.0 Å². The lowest BCUT2D eigenvalue weighted by Gasteiger charge is -2.31. The molecule has 0 saturated carbocycles. The molecule has 13 nitrogen and oxygen atoms in total. The third-order valence-electron chi connectivity index (χ3n) is 1.13. The van der Waals surface area contributed by atoms with E-state index in [1.165, 1.54) is 0 Å². The molecule has 0 aromatic heterocycles. The van der Waals surface area contributed by atoms with Crippen LogP contribution in [-0.2, 0) is 22.9 Å². The molecule has 0 radical (unpaired) electrons. The molecule has 2 bridgehead atoms. The van der Waals surface area contributed by atoms with Crippen LogP contribution in [0, 0.1) is 0 Å². The molecule has 0 spiro atoms. The van der Waals surface area contributed by atoms with Crippen molar-refractivity contribution in [3.8, 4) is 0 Å². The quantitative estimate of drug-likeness (QED) is 0.302. The monoisotopic (exact) mass is 264 g/mol. The van der Waals surface area contributed by atoms with E-state index >= 15 is 0 Å². The van der Waals surface area contributed by atoms with Gasteiger partial charge in [-0.15, -0.1) is 0 Å². The van der Waals surface area contributed by atoms with Gasteiger partial charge in [-0.25, -0.2) is 0 Å². The highest BCUT2D eigenvalue weighted by Crippen LogP contribution is 2.14. The molecule has 17 heavy (non-hydrogen) atoms. The molecule has 2 aliphatic rings. The van der Waals surface area contributed by atoms with Crippen molar-refractivity contribution in [3.05, 3.63) is 0 Å². The summed E-state index contributed by atoms with van der Waals surface area (Å²) in [5.41, 5.74) is 0. The Kier molecular flexibility index (Phi) is 21.6. The third kappa shape index (κ3) is 7.63. The number of hydrogen-bond acceptors (Lipinski definition) is 9. The molecule has 0 aromatic rings. The van der Waals surface area contributed by atoms with Gasteiger partial charge in [0, 0.05) is 0 Å². The van der Waals surface area contributed by atoms with E-state index in [-0.39, 0.29) is 34.2 Å². The van der Waals surface area contributed by atoms with E-state index in [1.54, 1.807) is 0 Å². The van der Waals surface area contributed by atoms with E-state index in [2.05, 4.69) is 22.9 Å². The van der Waals surface area contributed by atoms with Gasteiger partial charge in [0.25, 0.3) is 0 Å². The van der Waals surface area contributed by atoms with Crippen LogP contribution in [0.5, 0.6) is 0 Å². The molecule has 0 aliphatic carbocycles. The van der Waals surface area contributed by atoms with Gasteiger partial charge in [0.15, 0.2) is 0 Å². The Bertz CT molecular complexity index is 127. The largest absolute Gasteiger partial charge is 0.612 e. The van der Waals surface area contributed by atoms with Crippen LogP contribution in [0.15, 0.2) is 0 Å². The Morgan fingerprint density at radius 1 is 0.529 bits per heavy atom. The van der Waals surface area contributed by atoms with Gasteiger partial charge in [0.2, 0.25) is 0 Å². The van der Waals surface area contributed by atoms with Crippen LogP contribution in [-0.4, -0.2) is 61.2 Å². The lowest BCUT2D eigenvalue weighted by Crippen LogP contribution is -2.59. The van der Waals surface area contributed by atoms with E-state index in [9.17, 15) is 0 Å². The summed E-state index contributed by atoms with van der Waals surface area (Å²) in [7, 11) is -5.20. The van der Waals surface area contributed by atoms with Crippen LogP contribution >= 0.6 is 0 Å². The topological polar surface area (TPSA) is 283 Å². The van der Waals surface area contributed by atoms with Crippen molar-refractivity contribution in [2.75, 3.05) is 0 Å². The van der Waals surface area contributed by atoms with E-state index < -0.39 is 29.3 Å². The molecule has 2 saturated heterocycles. The predicted octanol–water partition coefficient (Wildman–Crippen LogP) is -5.95. The van der Waals surface area contributed by atoms with Crippen LogP contribution in [0.2, 0.25) is 0 Å². The standard InChI is InChI=1S/B4H2O7.2H3N.4H2O/c5-1-7-3-9-2(6)10-4(8-1)11-3;;;;;;/h5-6H;2*1H3;4*1H2. The van der Waals surface area contributed by atoms with Crippen LogP contribution < -0.4 is 12.3 Å². The van der Waals surface area contributed by atoms with E-state index in [1.807, 2.05) is 0 Å². The first-order valence-electron chi connectivity index (χ1n) is 2.87. The Labute approximate surface area is 97.4 Å². The van der Waals surface area contributed by atoms with Crippen molar-refractivity contribution in [2.24, 2.45) is 0 Å². The summed E-state index contributed by atoms with van der Waals surface area (Å²) in [6.45, 7) is 0. The summed E-state index contributed by atoms with van der Waals surface area (Å²) < 4.78 is 22.6. The van der Waals surface area contributed by atoms with Crippen molar-refractivity contribution in [2.45, 2.75) is 0 Å². The smallest absolute Gasteiger partial charge is 0.412 e. The van der Waals surface area contributed by atoms with Crippen LogP contribution in [0.4, 0.5) is 0 Å². The number of rotatable bonds is 0. The Balaban J connectivity index is -0.0000000800. The van der Waals surface area contributed by atoms with Gasteiger partial charge >= 0.3 is 29.3 Å². The minimum Gasteiger partial charge on any atom is -0.412 e. The van der Waals surface area contributed by atoms with Crippen molar-refractivity contribution >= 4 is 29.3 Å². The van der Waals surface area contributed by atoms with E-state index in [0.717, 1.165) is 0 Å². The molecular formula is H16B4N2O11. The van der Waals surface area contributed by atoms with Gasteiger partial charge in [0.05, 0.1) is 0 Å². The fraction of sp³-hybridized carbons (Fsp3) is 0. The zero-order valence-electron chi connectivity index (χ0n) is 8.66. The molecule has 17 heteroatoms. The van der Waals surface area contributed by atoms with Crippen LogP contribution in [0.3, 0.4) is 0 Å². The summed E-state index contributed by atoms with van der Waals surface area (Å²) in [6.07, 6.45) is 0. The molecule has 16 N–H and O–H groups in total. The van der Waals surface area contributed by atoms with Crippen LogP contribution in [0.25, 0.3) is 0 Å². The van der Waals surface area contributed by atoms with Crippen molar-refractivity contribution in [1.29, 1.82) is 0 Å². The zero-order chi connectivity index (χ0) is 7.84. The SMILES string of the molecule is N.N.O.O.O.O.OB1OB2OB(O)OB(O1)O2. The van der Waals surface area contributed by atoms with Gasteiger partial charge in [-0.1, -0.05) is 0 Å². The maximum absolute atomic E-state index is 8.74. The second-order valence-electron chi connectivity index (χ2n) is 1.87. The van der Waals surface area contributed by atoms with Crippen molar-refractivity contribution < 1.29 is 54.8 Å². The maximum atomic E-state index is 8.74. The summed E-state index contributed by atoms with van der Waals surface area (Å²) in [5.74, 6) is 0. The average Bonchev–Trinajstić information content (AvgIpc) is 1.82. The second kappa shape index (κ2) is 12.2. The molecule has 0 unspecified atom stereocenters. The molecule has 2 rings (SSSR count). The number of hydrogen-bond donors (Lipinski definition) is 4. The number of fused-ring (bicyclic) bond motifs is 2. The summed E-state index contributed by atoms with van der Waals surface area (Å²) >= 11 is 0. The third-order valence-corrected chi connectivity index (χ3v) is 1.13. The highest BCUT2D eigenvalue weighted by atomic mass is 16.9. The first-order valence-corrected chi connectivity index (χ1v) is 2.87. The second-order valence-corrected chi connectivity index (χ2v) is 1.87. The Morgan fingerprint density at radius 2 is 0.765 bits per heavy atom. The minimum atomic E-state index is -1.45. The van der Waals surface area contributed by atoms with Gasteiger partial charge in [-0.2, -0.15) is 0 Å². The molecular weight excluding hydrogens is 247 g/mol. The molecule has 2 aliphatic heterocycles. The normalized spacial score (nSPS) is 15.9. The summed E-state index contributed by atoms with van der Waals surface area (Å²) in [6, 6.07) is 0. The van der Waals surface area contributed by atoms with E-state index in [0.29, 0.717) is 0 Å². The molecule has 0 aromatic carbocycles. The predicted molar refractivity (Wildman–Crippen MR) is 57.4 cm³/mol. The molecule has 0 amide bonds. The average molecular weight is 263 g/mol. The van der Waals surface area contributed by atoms with Gasteiger partial charge in [0.1, 0.15) is 0 Å². The van der Waals surface area contributed by atoms with Gasteiger partial charge < -0.3 is 67.1 Å². The van der Waals surface area contributed by atoms with Gasteiger partial charge in [-0.3, -0.25) is 0 Å². The Hall–Kier alpha value is -0.260. The fourth-order valence-corrected chi connectivity index (χ4v) is 0.728. The summed E-state index contributed by atoms with van der Waals surface area (Å²) in [5, 5.41) is 17.5. The highest BCUT2D eigenvalue weighted by Gasteiger charge is 2.52. The first-order chi connectivity index (χ1) is 5.24. The zero-order valence-corrected chi connectivity index (χ0v) is 8.66. The molecule has 2 fully saturated rings. The minimum absolute atomic E-state index is 0. The molecule has 104 valence electrons. The van der Waals surface area contributed by atoms with Crippen molar-refractivity contribution in [1.82, 2.24) is 12.3 Å². The maximum Gasteiger partial charge on any atom is 0.612 e. The van der Waals surface area contributed by atoms with Gasteiger partial charge in [-0.05, 0) is 0 Å². The van der Waals surface area contributed by atoms with Crippen molar-refractivity contribution in [3.63, 3.8) is 0 Å².